The van der Waals surface area contributed by atoms with E-state index >= 15 is 0 Å². The first-order valence-corrected chi connectivity index (χ1v) is 10.5. The van der Waals surface area contributed by atoms with Gasteiger partial charge in [0, 0.05) is 50.5 Å². The normalized spacial score (nSPS) is 22.8. The van der Waals surface area contributed by atoms with E-state index in [0.29, 0.717) is 11.6 Å². The zero-order valence-electron chi connectivity index (χ0n) is 17.4. The third-order valence-corrected chi connectivity index (χ3v) is 6.14. The number of pyridine rings is 2. The molecule has 0 aromatic carbocycles. The van der Waals surface area contributed by atoms with Crippen molar-refractivity contribution in [2.75, 3.05) is 37.6 Å². The molecular formula is C23H26N6O. The van der Waals surface area contributed by atoms with Gasteiger partial charge in [-0.25, -0.2) is 4.52 Å². The first-order valence-electron chi connectivity index (χ1n) is 10.5. The number of nitrogens with zero attached hydrogens (tertiary/aromatic N) is 6. The Morgan fingerprint density at radius 2 is 2.00 bits per heavy atom. The molecule has 0 bridgehead atoms. The Morgan fingerprint density at radius 1 is 1.13 bits per heavy atom. The Hall–Kier alpha value is -2.95. The molecule has 0 spiro atoms. The highest BCUT2D eigenvalue weighted by atomic mass is 16.5. The summed E-state index contributed by atoms with van der Waals surface area (Å²) in [5, 5.41) is 13.7. The Balaban J connectivity index is 1.26. The van der Waals surface area contributed by atoms with Crippen molar-refractivity contribution >= 4 is 11.2 Å². The van der Waals surface area contributed by atoms with Gasteiger partial charge in [0.1, 0.15) is 11.8 Å². The molecule has 2 atom stereocenters. The summed E-state index contributed by atoms with van der Waals surface area (Å²) in [4.78, 5) is 9.28. The summed E-state index contributed by atoms with van der Waals surface area (Å²) in [7, 11) is 0. The molecule has 2 aliphatic rings. The molecule has 2 unspecified atom stereocenters. The van der Waals surface area contributed by atoms with E-state index in [9.17, 15) is 5.26 Å². The molecule has 2 saturated heterocycles. The van der Waals surface area contributed by atoms with Gasteiger partial charge in [-0.05, 0) is 43.7 Å². The lowest BCUT2D eigenvalue weighted by Crippen LogP contribution is -2.55. The monoisotopic (exact) mass is 402 g/mol. The van der Waals surface area contributed by atoms with Crippen LogP contribution >= 0.6 is 0 Å². The van der Waals surface area contributed by atoms with Gasteiger partial charge in [-0.15, -0.1) is 0 Å². The van der Waals surface area contributed by atoms with E-state index in [1.807, 2.05) is 31.3 Å². The minimum atomic E-state index is 0.153. The van der Waals surface area contributed by atoms with Crippen molar-refractivity contribution in [1.82, 2.24) is 19.5 Å². The summed E-state index contributed by atoms with van der Waals surface area (Å²) < 4.78 is 7.99. The highest BCUT2D eigenvalue weighted by Gasteiger charge is 2.33. The summed E-state index contributed by atoms with van der Waals surface area (Å²) in [5.41, 5.74) is 5.03. The molecular weight excluding hydrogens is 376 g/mol. The fourth-order valence-corrected chi connectivity index (χ4v) is 4.64. The number of hydrogen-bond acceptors (Lipinski definition) is 6. The third-order valence-electron chi connectivity index (χ3n) is 6.14. The van der Waals surface area contributed by atoms with Crippen molar-refractivity contribution in [3.8, 4) is 6.07 Å². The second kappa shape index (κ2) is 7.71. The molecule has 0 amide bonds. The Labute approximate surface area is 176 Å². The van der Waals surface area contributed by atoms with Crippen LogP contribution in [0.2, 0.25) is 0 Å². The minimum Gasteiger partial charge on any atom is -0.370 e. The van der Waals surface area contributed by atoms with E-state index in [2.05, 4.69) is 45.0 Å². The van der Waals surface area contributed by atoms with E-state index in [1.165, 1.54) is 5.56 Å². The second-order valence-electron chi connectivity index (χ2n) is 8.47. The lowest BCUT2D eigenvalue weighted by Gasteiger charge is -2.44. The van der Waals surface area contributed by atoms with Crippen LogP contribution < -0.4 is 4.90 Å². The molecule has 0 aliphatic carbocycles. The second-order valence-corrected chi connectivity index (χ2v) is 8.47. The maximum atomic E-state index is 9.34. The number of morpholine rings is 1. The Morgan fingerprint density at radius 3 is 2.77 bits per heavy atom. The van der Waals surface area contributed by atoms with Gasteiger partial charge in [-0.1, -0.05) is 6.07 Å². The van der Waals surface area contributed by atoms with Crippen molar-refractivity contribution in [1.29, 1.82) is 5.26 Å². The van der Waals surface area contributed by atoms with E-state index in [0.717, 1.165) is 49.6 Å². The van der Waals surface area contributed by atoms with Crippen LogP contribution in [-0.2, 0) is 4.74 Å². The van der Waals surface area contributed by atoms with Crippen LogP contribution in [0.4, 0.5) is 5.69 Å². The van der Waals surface area contributed by atoms with Gasteiger partial charge in [-0.2, -0.15) is 10.4 Å². The molecule has 2 fully saturated rings. The molecule has 5 heterocycles. The number of rotatable bonds is 4. The quantitative estimate of drug-likeness (QED) is 0.668. The van der Waals surface area contributed by atoms with Crippen LogP contribution in [0.25, 0.3) is 5.52 Å². The molecule has 5 rings (SSSR count). The predicted molar refractivity (Wildman–Crippen MR) is 115 cm³/mol. The maximum absolute atomic E-state index is 9.34. The lowest BCUT2D eigenvalue weighted by molar-refractivity contribution is -0.0435. The van der Waals surface area contributed by atoms with Crippen molar-refractivity contribution in [2.45, 2.75) is 32.0 Å². The van der Waals surface area contributed by atoms with Gasteiger partial charge in [0.15, 0.2) is 0 Å². The standard InChI is InChI=1S/C23H26N6O/c1-16-3-4-18(10-25-16)19-12-27(13-19)14-21-15-28(11-17(2)30-21)22-6-5-20(9-24)29-23(22)7-8-26-29/h3-8,10,17,19,21H,11-15H2,1-2H3. The molecule has 0 saturated carbocycles. The molecule has 7 heteroatoms. The SMILES string of the molecule is Cc1ccc(C2CN(CC3CN(c4ccc(C#N)n5nccc45)CC(C)O3)C2)cn1. The largest absolute Gasteiger partial charge is 0.370 e. The number of aromatic nitrogens is 3. The highest BCUT2D eigenvalue weighted by molar-refractivity contribution is 5.74. The van der Waals surface area contributed by atoms with Crippen molar-refractivity contribution < 1.29 is 4.74 Å². The van der Waals surface area contributed by atoms with E-state index in [4.69, 9.17) is 4.74 Å². The van der Waals surface area contributed by atoms with Crippen LogP contribution in [-0.4, -0.2) is 64.4 Å². The lowest BCUT2D eigenvalue weighted by atomic mass is 9.92. The van der Waals surface area contributed by atoms with Gasteiger partial charge in [0.2, 0.25) is 0 Å². The fourth-order valence-electron chi connectivity index (χ4n) is 4.64. The summed E-state index contributed by atoms with van der Waals surface area (Å²) in [6.45, 7) is 8.88. The van der Waals surface area contributed by atoms with Gasteiger partial charge >= 0.3 is 0 Å². The zero-order chi connectivity index (χ0) is 20.7. The van der Waals surface area contributed by atoms with Crippen LogP contribution in [0, 0.1) is 18.3 Å². The van der Waals surface area contributed by atoms with Gasteiger partial charge in [-0.3, -0.25) is 9.88 Å². The number of anilines is 1. The van der Waals surface area contributed by atoms with Gasteiger partial charge in [0.05, 0.1) is 29.6 Å². The Bertz CT molecular complexity index is 1080. The van der Waals surface area contributed by atoms with Crippen LogP contribution in [0.15, 0.2) is 42.7 Å². The number of fused-ring (bicyclic) bond motifs is 1. The first kappa shape index (κ1) is 19.0. The summed E-state index contributed by atoms with van der Waals surface area (Å²) in [5.74, 6) is 0.570. The molecule has 30 heavy (non-hydrogen) atoms. The van der Waals surface area contributed by atoms with Gasteiger partial charge in [0.25, 0.3) is 0 Å². The number of hydrogen-bond donors (Lipinski definition) is 0. The Kier molecular flexibility index (Phi) is 4.89. The molecule has 3 aromatic rings. The number of likely N-dealkylation sites (tertiary alicyclic amines) is 1. The zero-order valence-corrected chi connectivity index (χ0v) is 17.4. The molecule has 154 valence electrons. The van der Waals surface area contributed by atoms with E-state index in [1.54, 1.807) is 10.7 Å². The minimum absolute atomic E-state index is 0.153. The average molecular weight is 403 g/mol. The summed E-state index contributed by atoms with van der Waals surface area (Å²) in [6, 6.07) is 12.4. The maximum Gasteiger partial charge on any atom is 0.142 e. The summed E-state index contributed by atoms with van der Waals surface area (Å²) >= 11 is 0. The third kappa shape index (κ3) is 3.53. The molecule has 3 aromatic heterocycles. The first-order chi connectivity index (χ1) is 14.6. The van der Waals surface area contributed by atoms with E-state index in [-0.39, 0.29) is 12.2 Å². The average Bonchev–Trinajstić information content (AvgIpc) is 3.20. The van der Waals surface area contributed by atoms with Crippen LogP contribution in [0.3, 0.4) is 0 Å². The topological polar surface area (TPSA) is 69.7 Å². The molecule has 0 radical (unpaired) electrons. The predicted octanol–water partition coefficient (Wildman–Crippen LogP) is 2.60. The molecule has 2 aliphatic heterocycles. The van der Waals surface area contributed by atoms with Crippen LogP contribution in [0.5, 0.6) is 0 Å². The van der Waals surface area contributed by atoms with Crippen molar-refractivity contribution in [3.63, 3.8) is 0 Å². The van der Waals surface area contributed by atoms with Crippen LogP contribution in [0.1, 0.15) is 29.8 Å². The molecule has 0 N–H and O–H groups in total. The smallest absolute Gasteiger partial charge is 0.142 e. The fraction of sp³-hybridized carbons (Fsp3) is 0.435. The number of ether oxygens (including phenoxy) is 1. The highest BCUT2D eigenvalue weighted by Crippen LogP contribution is 2.30. The van der Waals surface area contributed by atoms with Gasteiger partial charge < -0.3 is 9.64 Å². The molecule has 7 nitrogen and oxygen atoms in total. The number of nitriles is 1. The summed E-state index contributed by atoms with van der Waals surface area (Å²) in [6.07, 6.45) is 4.08. The van der Waals surface area contributed by atoms with Crippen molar-refractivity contribution in [3.05, 3.63) is 59.7 Å². The van der Waals surface area contributed by atoms with E-state index < -0.39 is 0 Å². The van der Waals surface area contributed by atoms with Crippen molar-refractivity contribution in [2.24, 2.45) is 0 Å². The number of aryl methyl sites for hydroxylation is 1.